The first-order valence-electron chi connectivity index (χ1n) is 6.55. The highest BCUT2D eigenvalue weighted by Crippen LogP contribution is 2.17. The minimum Gasteiger partial charge on any atom is -0.354 e. The number of hydrogen-bond donors (Lipinski definition) is 1. The van der Waals surface area contributed by atoms with Crippen LogP contribution in [0.5, 0.6) is 0 Å². The van der Waals surface area contributed by atoms with Crippen molar-refractivity contribution in [1.82, 2.24) is 14.7 Å². The fraction of sp³-hybridized carbons (Fsp3) is 0.385. The Bertz CT molecular complexity index is 671. The molecule has 0 saturated carbocycles. The summed E-state index contributed by atoms with van der Waals surface area (Å²) >= 11 is 0. The predicted octanol–water partition coefficient (Wildman–Crippen LogP) is -0.559. The second kappa shape index (κ2) is 6.42. The Balaban J connectivity index is 2.22. The maximum Gasteiger partial charge on any atom is 0.277 e. The fourth-order valence-corrected chi connectivity index (χ4v) is 3.40. The van der Waals surface area contributed by atoms with Crippen LogP contribution < -0.4 is 5.32 Å². The van der Waals surface area contributed by atoms with Crippen LogP contribution in [0.4, 0.5) is 0 Å². The molecule has 0 aliphatic carbocycles. The van der Waals surface area contributed by atoms with Crippen molar-refractivity contribution in [3.05, 3.63) is 29.8 Å². The maximum atomic E-state index is 12.4. The normalized spacial score (nSPS) is 16.2. The first kappa shape index (κ1) is 16.4. The molecule has 0 spiro atoms. The Hall–Kier alpha value is -1.97. The molecule has 0 radical (unpaired) electrons. The van der Waals surface area contributed by atoms with E-state index < -0.39 is 10.0 Å². The van der Waals surface area contributed by atoms with Gasteiger partial charge in [0.1, 0.15) is 0 Å². The van der Waals surface area contributed by atoms with Gasteiger partial charge in [0, 0.05) is 25.7 Å². The Labute approximate surface area is 128 Å². The van der Waals surface area contributed by atoms with E-state index in [9.17, 15) is 18.0 Å². The summed E-state index contributed by atoms with van der Waals surface area (Å²) in [4.78, 5) is 28.0. The summed E-state index contributed by atoms with van der Waals surface area (Å²) in [5, 5.41) is 3.61. The zero-order valence-electron chi connectivity index (χ0n) is 12.3. The van der Waals surface area contributed by atoms with Crippen LogP contribution in [0.25, 0.3) is 0 Å². The second-order valence-electron chi connectivity index (χ2n) is 4.70. The van der Waals surface area contributed by atoms with Crippen LogP contribution in [0, 0.1) is 0 Å². The van der Waals surface area contributed by atoms with Gasteiger partial charge in [-0.15, -0.1) is 0 Å². The third-order valence-electron chi connectivity index (χ3n) is 3.30. The monoisotopic (exact) mass is 327 g/mol. The van der Waals surface area contributed by atoms with Crippen LogP contribution in [-0.4, -0.2) is 63.4 Å². The molecule has 1 N–H and O–H groups in total. The summed E-state index contributed by atoms with van der Waals surface area (Å²) in [7, 11) is -0.930. The number of carbonyl (C=O) groups excluding carboxylic acids is 2. The van der Waals surface area contributed by atoms with Crippen LogP contribution in [0.15, 0.2) is 29.2 Å². The Morgan fingerprint density at radius 1 is 1.32 bits per heavy atom. The molecule has 0 unspecified atom stereocenters. The molecule has 1 saturated heterocycles. The number of carbonyl (C=O) groups is 2. The smallest absolute Gasteiger partial charge is 0.277 e. The zero-order valence-corrected chi connectivity index (χ0v) is 13.1. The molecule has 2 amide bonds. The first-order valence-corrected chi connectivity index (χ1v) is 7.99. The van der Waals surface area contributed by atoms with Crippen molar-refractivity contribution in [1.29, 1.82) is 0 Å². The quantitative estimate of drug-likeness (QED) is 0.748. The van der Waals surface area contributed by atoms with Gasteiger partial charge in [-0.05, 0) is 24.3 Å². The molecule has 0 atom stereocenters. The molecular weight excluding hydrogens is 310 g/mol. The minimum atomic E-state index is -3.75. The van der Waals surface area contributed by atoms with Crippen LogP contribution in [0.2, 0.25) is 0 Å². The molecule has 1 aliphatic rings. The van der Waals surface area contributed by atoms with Gasteiger partial charge in [-0.25, -0.2) is 13.5 Å². The summed E-state index contributed by atoms with van der Waals surface area (Å²) < 4.78 is 26.0. The van der Waals surface area contributed by atoms with Crippen LogP contribution in [0.1, 0.15) is 10.4 Å². The summed E-state index contributed by atoms with van der Waals surface area (Å²) in [5.41, 5.74) is 0.305. The number of piperazine rings is 1. The van der Waals surface area contributed by atoms with E-state index in [1.54, 1.807) is 0 Å². The number of sulfonamides is 1. The number of amides is 2. The van der Waals surface area contributed by atoms with E-state index >= 15 is 0 Å². The van der Waals surface area contributed by atoms with Gasteiger partial charge in [0.05, 0.1) is 18.6 Å². The average Bonchev–Trinajstić information content (AvgIpc) is 2.53. The molecule has 0 bridgehead atoms. The molecule has 8 nitrogen and oxygen atoms in total. The largest absolute Gasteiger partial charge is 0.354 e. The van der Waals surface area contributed by atoms with Gasteiger partial charge in [-0.3, -0.25) is 14.4 Å². The lowest BCUT2D eigenvalue weighted by molar-refractivity contribution is -0.122. The van der Waals surface area contributed by atoms with E-state index in [4.69, 9.17) is 4.84 Å². The van der Waals surface area contributed by atoms with Crippen molar-refractivity contribution >= 4 is 21.8 Å². The number of hydroxylamine groups is 2. The third kappa shape index (κ3) is 3.26. The van der Waals surface area contributed by atoms with Gasteiger partial charge in [-0.2, -0.15) is 4.31 Å². The van der Waals surface area contributed by atoms with Crippen molar-refractivity contribution in [3.63, 3.8) is 0 Å². The highest BCUT2D eigenvalue weighted by atomic mass is 32.2. The lowest BCUT2D eigenvalue weighted by Crippen LogP contribution is -2.49. The zero-order chi connectivity index (χ0) is 16.3. The SMILES string of the molecule is CON(C)C(=O)c1ccc(S(=O)(=O)N2CCNC(=O)C2)cc1. The van der Waals surface area contributed by atoms with Gasteiger partial charge < -0.3 is 5.32 Å². The molecule has 1 aromatic carbocycles. The summed E-state index contributed by atoms with van der Waals surface area (Å²) in [6.45, 7) is 0.309. The number of rotatable bonds is 4. The molecule has 120 valence electrons. The highest BCUT2D eigenvalue weighted by molar-refractivity contribution is 7.89. The van der Waals surface area contributed by atoms with Crippen LogP contribution in [0.3, 0.4) is 0 Å². The highest BCUT2D eigenvalue weighted by Gasteiger charge is 2.29. The number of hydrogen-bond acceptors (Lipinski definition) is 5. The van der Waals surface area contributed by atoms with Crippen molar-refractivity contribution < 1.29 is 22.8 Å². The first-order chi connectivity index (χ1) is 10.4. The molecule has 0 aromatic heterocycles. The molecule has 1 aliphatic heterocycles. The summed E-state index contributed by atoms with van der Waals surface area (Å²) in [6.07, 6.45) is 0. The Morgan fingerprint density at radius 3 is 2.50 bits per heavy atom. The van der Waals surface area contributed by atoms with Crippen LogP contribution in [-0.2, 0) is 19.7 Å². The number of nitrogens with zero attached hydrogens (tertiary/aromatic N) is 2. The van der Waals surface area contributed by atoms with E-state index in [1.807, 2.05) is 0 Å². The van der Waals surface area contributed by atoms with E-state index in [0.29, 0.717) is 5.56 Å². The average molecular weight is 327 g/mol. The molecular formula is C13H17N3O5S. The topological polar surface area (TPSA) is 96.0 Å². The van der Waals surface area contributed by atoms with Crippen molar-refractivity contribution in [2.45, 2.75) is 4.90 Å². The maximum absolute atomic E-state index is 12.4. The van der Waals surface area contributed by atoms with E-state index in [-0.39, 0.29) is 36.3 Å². The molecule has 9 heteroatoms. The van der Waals surface area contributed by atoms with Crippen molar-refractivity contribution in [2.24, 2.45) is 0 Å². The minimum absolute atomic E-state index is 0.0406. The number of benzene rings is 1. The molecule has 2 rings (SSSR count). The molecule has 1 fully saturated rings. The Kier molecular flexibility index (Phi) is 4.79. The molecule has 1 heterocycles. The van der Waals surface area contributed by atoms with E-state index in [2.05, 4.69) is 5.32 Å². The van der Waals surface area contributed by atoms with Gasteiger partial charge in [0.2, 0.25) is 15.9 Å². The van der Waals surface area contributed by atoms with Gasteiger partial charge in [-0.1, -0.05) is 0 Å². The van der Waals surface area contributed by atoms with Gasteiger partial charge in [0.25, 0.3) is 5.91 Å². The van der Waals surface area contributed by atoms with Gasteiger partial charge in [0.15, 0.2) is 0 Å². The van der Waals surface area contributed by atoms with Crippen molar-refractivity contribution in [3.8, 4) is 0 Å². The van der Waals surface area contributed by atoms with Gasteiger partial charge >= 0.3 is 0 Å². The lowest BCUT2D eigenvalue weighted by Gasteiger charge is -2.25. The number of nitrogens with one attached hydrogen (secondary N) is 1. The summed E-state index contributed by atoms with van der Waals surface area (Å²) in [5.74, 6) is -0.716. The van der Waals surface area contributed by atoms with E-state index in [1.165, 1.54) is 38.4 Å². The second-order valence-corrected chi connectivity index (χ2v) is 6.64. The molecule has 22 heavy (non-hydrogen) atoms. The van der Waals surface area contributed by atoms with E-state index in [0.717, 1.165) is 9.37 Å². The lowest BCUT2D eigenvalue weighted by atomic mass is 10.2. The predicted molar refractivity (Wildman–Crippen MR) is 77.3 cm³/mol. The van der Waals surface area contributed by atoms with Crippen molar-refractivity contribution in [2.75, 3.05) is 33.8 Å². The summed E-state index contributed by atoms with van der Waals surface area (Å²) in [6, 6.07) is 5.51. The fourth-order valence-electron chi connectivity index (χ4n) is 2.00. The third-order valence-corrected chi connectivity index (χ3v) is 5.16. The standard InChI is InChI=1S/C13H17N3O5S/c1-15(21-2)13(18)10-3-5-11(6-4-10)22(19,20)16-8-7-14-12(17)9-16/h3-6H,7-9H2,1-2H3,(H,14,17). The van der Waals surface area contributed by atoms with Crippen LogP contribution >= 0.6 is 0 Å². The Morgan fingerprint density at radius 2 is 1.95 bits per heavy atom. The molecule has 1 aromatic rings.